The fraction of sp³-hybridized carbons (Fsp3) is 0.167. The number of pyridine rings is 1. The number of benzene rings is 1. The van der Waals surface area contributed by atoms with Gasteiger partial charge in [0.05, 0.1) is 18.2 Å². The molecular weight excluding hydrogens is 454 g/mol. The van der Waals surface area contributed by atoms with Crippen LogP contribution in [0, 0.1) is 12.8 Å². The number of alkyl halides is 2. The Labute approximate surface area is 194 Å². The van der Waals surface area contributed by atoms with Gasteiger partial charge in [-0.25, -0.2) is 14.2 Å². The average molecular weight is 473 g/mol. The van der Waals surface area contributed by atoms with Crippen molar-refractivity contribution in [3.05, 3.63) is 89.2 Å². The zero-order valence-corrected chi connectivity index (χ0v) is 18.5. The number of hydrogen-bond donors (Lipinski definition) is 1. The van der Waals surface area contributed by atoms with Crippen molar-refractivity contribution in [2.24, 2.45) is 5.92 Å². The molecule has 2 aromatic heterocycles. The molecule has 0 saturated carbocycles. The van der Waals surface area contributed by atoms with Gasteiger partial charge >= 0.3 is 5.97 Å². The molecule has 0 bridgehead atoms. The summed E-state index contributed by atoms with van der Waals surface area (Å²) in [6.07, 6.45) is 6.25. The summed E-state index contributed by atoms with van der Waals surface area (Å²) in [5, 5.41) is 7.78. The van der Waals surface area contributed by atoms with E-state index in [1.54, 1.807) is 48.6 Å². The number of carboxylic acids is 1. The summed E-state index contributed by atoms with van der Waals surface area (Å²) in [5.74, 6) is -0.855. The first kappa shape index (κ1) is 22.1. The standard InChI is InChI=1S/C24H19Cl2FN2O3/c1-15-8-10-20(29(15)22-7-4-6-19(28-22)23(30)31)18-13-17(25)9-11-21(18)32-14-16-5-2-3-12-24(16,26)27/h2-13,16H,14H2,1H3,(H,30,31). The van der Waals surface area contributed by atoms with E-state index >= 15 is 0 Å². The summed E-state index contributed by atoms with van der Waals surface area (Å²) < 4.78 is 22.4. The predicted molar refractivity (Wildman–Crippen MR) is 123 cm³/mol. The van der Waals surface area contributed by atoms with Crippen LogP contribution >= 0.6 is 23.2 Å². The lowest BCUT2D eigenvalue weighted by molar-refractivity contribution is 0.0690. The number of aromatic carboxylic acids is 1. The van der Waals surface area contributed by atoms with Gasteiger partial charge in [0.25, 0.3) is 0 Å². The molecule has 0 fully saturated rings. The molecule has 5 nitrogen and oxygen atoms in total. The van der Waals surface area contributed by atoms with E-state index in [0.717, 1.165) is 5.69 Å². The van der Waals surface area contributed by atoms with E-state index in [4.69, 9.17) is 27.9 Å². The van der Waals surface area contributed by atoms with Gasteiger partial charge in [0, 0.05) is 16.3 Å². The van der Waals surface area contributed by atoms with Crippen LogP contribution < -0.4 is 4.74 Å². The Morgan fingerprint density at radius 2 is 2.06 bits per heavy atom. The maximum absolute atomic E-state index is 14.6. The zero-order chi connectivity index (χ0) is 22.9. The number of hydrogen-bond acceptors (Lipinski definition) is 3. The van der Waals surface area contributed by atoms with Crippen molar-refractivity contribution in [1.29, 1.82) is 0 Å². The number of allylic oxidation sites excluding steroid dienone is 3. The summed E-state index contributed by atoms with van der Waals surface area (Å²) >= 11 is 12.2. The number of nitrogens with zero attached hydrogens (tertiary/aromatic N) is 2. The second-order valence-electron chi connectivity index (χ2n) is 7.36. The maximum atomic E-state index is 14.6. The second-order valence-corrected chi connectivity index (χ2v) is 8.37. The highest BCUT2D eigenvalue weighted by Crippen LogP contribution is 2.38. The zero-order valence-electron chi connectivity index (χ0n) is 17.0. The molecule has 2 unspecified atom stereocenters. The molecule has 8 heteroatoms. The van der Waals surface area contributed by atoms with Crippen molar-refractivity contribution in [2.75, 3.05) is 6.61 Å². The molecule has 0 amide bonds. The molecule has 32 heavy (non-hydrogen) atoms. The minimum absolute atomic E-state index is 0.0158. The van der Waals surface area contributed by atoms with E-state index < -0.39 is 17.0 Å². The largest absolute Gasteiger partial charge is 0.492 e. The molecule has 2 atom stereocenters. The minimum Gasteiger partial charge on any atom is -0.492 e. The maximum Gasteiger partial charge on any atom is 0.354 e. The van der Waals surface area contributed by atoms with E-state index in [-0.39, 0.29) is 12.3 Å². The SMILES string of the molecule is Cc1ccc(-c2cc(Cl)ccc2OCC2C=CC=CC2(F)Cl)n1-c1cccc(C(=O)O)n1. The number of rotatable bonds is 6. The number of aromatic nitrogens is 2. The van der Waals surface area contributed by atoms with Crippen LogP contribution in [0.15, 0.2) is 72.8 Å². The number of ether oxygens (including phenoxy) is 1. The van der Waals surface area contributed by atoms with Crippen LogP contribution in [-0.2, 0) is 0 Å². The van der Waals surface area contributed by atoms with Crippen molar-refractivity contribution < 1.29 is 19.0 Å². The Kier molecular flexibility index (Phi) is 6.09. The van der Waals surface area contributed by atoms with Crippen LogP contribution in [-0.4, -0.2) is 32.4 Å². The summed E-state index contributed by atoms with van der Waals surface area (Å²) in [5.41, 5.74) is 2.13. The van der Waals surface area contributed by atoms with E-state index in [1.807, 2.05) is 23.6 Å². The number of halogens is 3. The van der Waals surface area contributed by atoms with Gasteiger partial charge < -0.3 is 9.84 Å². The van der Waals surface area contributed by atoms with Crippen molar-refractivity contribution in [3.8, 4) is 22.8 Å². The third-order valence-electron chi connectivity index (χ3n) is 5.16. The number of aryl methyl sites for hydroxylation is 1. The normalized spacial score (nSPS) is 19.8. The van der Waals surface area contributed by atoms with E-state index in [2.05, 4.69) is 4.98 Å². The van der Waals surface area contributed by atoms with Crippen molar-refractivity contribution in [2.45, 2.75) is 12.1 Å². The molecule has 1 aromatic carbocycles. The smallest absolute Gasteiger partial charge is 0.354 e. The Hall–Kier alpha value is -3.09. The lowest BCUT2D eigenvalue weighted by Gasteiger charge is -2.25. The average Bonchev–Trinajstić information content (AvgIpc) is 3.14. The van der Waals surface area contributed by atoms with Gasteiger partial charge in [-0.05, 0) is 55.5 Å². The monoisotopic (exact) mass is 472 g/mol. The first-order chi connectivity index (χ1) is 15.3. The van der Waals surface area contributed by atoms with E-state index in [0.29, 0.717) is 27.8 Å². The molecular formula is C24H19Cl2FN2O3. The molecule has 3 aromatic rings. The van der Waals surface area contributed by atoms with Crippen LogP contribution in [0.3, 0.4) is 0 Å². The van der Waals surface area contributed by atoms with Crippen LogP contribution in [0.2, 0.25) is 5.02 Å². The Bertz CT molecular complexity index is 1230. The quantitative estimate of drug-likeness (QED) is 0.432. The van der Waals surface area contributed by atoms with Crippen LogP contribution in [0.25, 0.3) is 17.1 Å². The van der Waals surface area contributed by atoms with Crippen molar-refractivity contribution >= 4 is 29.2 Å². The van der Waals surface area contributed by atoms with Gasteiger partial charge in [-0.15, -0.1) is 0 Å². The van der Waals surface area contributed by atoms with E-state index in [1.165, 1.54) is 12.1 Å². The second kappa shape index (κ2) is 8.81. The van der Waals surface area contributed by atoms with E-state index in [9.17, 15) is 14.3 Å². The fourth-order valence-electron chi connectivity index (χ4n) is 3.53. The Morgan fingerprint density at radius 1 is 1.25 bits per heavy atom. The van der Waals surface area contributed by atoms with Gasteiger partial charge in [0.1, 0.15) is 11.6 Å². The van der Waals surface area contributed by atoms with Gasteiger partial charge in [-0.3, -0.25) is 4.57 Å². The molecule has 1 aliphatic rings. The van der Waals surface area contributed by atoms with Gasteiger partial charge in [-0.2, -0.15) is 0 Å². The molecule has 1 N–H and O–H groups in total. The Balaban J connectivity index is 1.73. The fourth-order valence-corrected chi connectivity index (χ4v) is 3.91. The van der Waals surface area contributed by atoms with Gasteiger partial charge in [0.15, 0.2) is 5.69 Å². The lowest BCUT2D eigenvalue weighted by atomic mass is 9.99. The first-order valence-electron chi connectivity index (χ1n) is 9.82. The minimum atomic E-state index is -2.03. The molecule has 164 valence electrons. The molecule has 2 heterocycles. The summed E-state index contributed by atoms with van der Waals surface area (Å²) in [6.45, 7) is 1.90. The third kappa shape index (κ3) is 4.42. The lowest BCUT2D eigenvalue weighted by Crippen LogP contribution is -2.29. The van der Waals surface area contributed by atoms with Crippen LogP contribution in [0.4, 0.5) is 4.39 Å². The topological polar surface area (TPSA) is 64.3 Å². The molecule has 0 radical (unpaired) electrons. The predicted octanol–water partition coefficient (Wildman–Crippen LogP) is 6.22. The molecule has 0 aliphatic heterocycles. The number of carbonyl (C=O) groups is 1. The van der Waals surface area contributed by atoms with Gasteiger partial charge in [-0.1, -0.05) is 47.5 Å². The van der Waals surface area contributed by atoms with Crippen molar-refractivity contribution in [1.82, 2.24) is 9.55 Å². The molecule has 0 spiro atoms. The molecule has 4 rings (SSSR count). The van der Waals surface area contributed by atoms with Crippen LogP contribution in [0.5, 0.6) is 5.75 Å². The highest BCUT2D eigenvalue weighted by Gasteiger charge is 2.34. The summed E-state index contributed by atoms with van der Waals surface area (Å²) in [7, 11) is 0. The van der Waals surface area contributed by atoms with Crippen molar-refractivity contribution in [3.63, 3.8) is 0 Å². The number of carboxylic acid groups (broad SMARTS) is 1. The summed E-state index contributed by atoms with van der Waals surface area (Å²) in [4.78, 5) is 15.6. The third-order valence-corrected chi connectivity index (χ3v) is 5.80. The summed E-state index contributed by atoms with van der Waals surface area (Å²) in [6, 6.07) is 13.7. The highest BCUT2D eigenvalue weighted by molar-refractivity contribution is 6.31. The first-order valence-corrected chi connectivity index (χ1v) is 10.6. The Morgan fingerprint density at radius 3 is 2.81 bits per heavy atom. The van der Waals surface area contributed by atoms with Gasteiger partial charge in [0.2, 0.25) is 5.13 Å². The highest BCUT2D eigenvalue weighted by atomic mass is 35.5. The van der Waals surface area contributed by atoms with Crippen LogP contribution in [0.1, 0.15) is 16.2 Å². The molecule has 1 aliphatic carbocycles. The molecule has 0 saturated heterocycles.